The summed E-state index contributed by atoms with van der Waals surface area (Å²) in [6.07, 6.45) is 2.14. The van der Waals surface area contributed by atoms with Crippen LogP contribution in [0, 0.1) is 5.82 Å². The first kappa shape index (κ1) is 18.7. The molecule has 0 spiro atoms. The zero-order valence-corrected chi connectivity index (χ0v) is 14.8. The van der Waals surface area contributed by atoms with Crippen LogP contribution in [0.15, 0.2) is 35.3 Å². The lowest BCUT2D eigenvalue weighted by atomic mass is 10.1. The number of pyridine rings is 1. The summed E-state index contributed by atoms with van der Waals surface area (Å²) in [5.74, 6) is -1.21. The maximum Gasteiger partial charge on any atom is 0.274 e. The quantitative estimate of drug-likeness (QED) is 0.929. The van der Waals surface area contributed by atoms with Crippen molar-refractivity contribution in [3.05, 3.63) is 63.3 Å². The second-order valence-electron chi connectivity index (χ2n) is 5.58. The van der Waals surface area contributed by atoms with Gasteiger partial charge in [0.25, 0.3) is 5.91 Å². The number of halogens is 1. The molecule has 25 heavy (non-hydrogen) atoms. The second kappa shape index (κ2) is 7.96. The normalized spacial score (nSPS) is 13.1. The molecule has 1 aliphatic rings. The number of carbonyl (C=O) groups is 1. The van der Waals surface area contributed by atoms with Crippen molar-refractivity contribution in [2.45, 2.75) is 40.3 Å². The van der Waals surface area contributed by atoms with Gasteiger partial charge in [-0.1, -0.05) is 32.9 Å². The highest BCUT2D eigenvalue weighted by Crippen LogP contribution is 2.22. The molecule has 0 bridgehead atoms. The average Bonchev–Trinajstić information content (AvgIpc) is 2.63. The summed E-state index contributed by atoms with van der Waals surface area (Å²) in [5, 5.41) is 10.1. The van der Waals surface area contributed by atoms with E-state index in [0.29, 0.717) is 31.6 Å². The fourth-order valence-electron chi connectivity index (χ4n) is 2.80. The van der Waals surface area contributed by atoms with E-state index in [1.807, 2.05) is 20.8 Å². The van der Waals surface area contributed by atoms with Crippen LogP contribution >= 0.6 is 0 Å². The van der Waals surface area contributed by atoms with E-state index in [1.54, 1.807) is 27.8 Å². The fourth-order valence-corrected chi connectivity index (χ4v) is 2.80. The van der Waals surface area contributed by atoms with Crippen LogP contribution in [-0.4, -0.2) is 27.0 Å². The molecule has 1 N–H and O–H groups in total. The zero-order chi connectivity index (χ0) is 18.6. The second-order valence-corrected chi connectivity index (χ2v) is 5.58. The summed E-state index contributed by atoms with van der Waals surface area (Å²) in [6.45, 7) is 7.11. The predicted molar refractivity (Wildman–Crippen MR) is 94.2 cm³/mol. The lowest BCUT2D eigenvalue weighted by molar-refractivity contribution is 0.0683. The van der Waals surface area contributed by atoms with Crippen molar-refractivity contribution in [2.24, 2.45) is 0 Å². The van der Waals surface area contributed by atoms with Crippen molar-refractivity contribution in [2.75, 3.05) is 6.54 Å². The molecule has 0 radical (unpaired) electrons. The Hall–Kier alpha value is -2.63. The molecule has 0 atom stereocenters. The number of aromatic hydroxyl groups is 1. The molecule has 1 amide bonds. The third kappa shape index (κ3) is 3.73. The summed E-state index contributed by atoms with van der Waals surface area (Å²) in [7, 11) is 0. The number of aryl methyl sites for hydroxylation is 1. The monoisotopic (exact) mass is 346 g/mol. The predicted octanol–water partition coefficient (Wildman–Crippen LogP) is 2.94. The molecule has 3 rings (SSSR count). The minimum absolute atomic E-state index is 0.0283. The lowest BCUT2D eigenvalue weighted by Gasteiger charge is -2.30. The number of aromatic nitrogens is 1. The highest BCUT2D eigenvalue weighted by Gasteiger charge is 2.29. The highest BCUT2D eigenvalue weighted by atomic mass is 19.1. The van der Waals surface area contributed by atoms with Crippen LogP contribution in [0.1, 0.15) is 42.4 Å². The molecular formula is C19H23FN2O3. The fraction of sp³-hybridized carbons (Fsp3) is 0.368. The van der Waals surface area contributed by atoms with Crippen LogP contribution in [0.25, 0.3) is 0 Å². The minimum atomic E-state index is -0.490. The van der Waals surface area contributed by atoms with E-state index in [1.165, 1.54) is 12.1 Å². The Bertz CT molecular complexity index is 813. The molecule has 0 aliphatic carbocycles. The van der Waals surface area contributed by atoms with E-state index in [-0.39, 0.29) is 11.5 Å². The Labute approximate surface area is 146 Å². The third-order valence-corrected chi connectivity index (χ3v) is 4.10. The van der Waals surface area contributed by atoms with Crippen molar-refractivity contribution in [1.82, 2.24) is 9.47 Å². The van der Waals surface area contributed by atoms with Gasteiger partial charge < -0.3 is 14.6 Å². The maximum absolute atomic E-state index is 13.0. The minimum Gasteiger partial charge on any atom is -0.503 e. The smallest absolute Gasteiger partial charge is 0.274 e. The van der Waals surface area contributed by atoms with Crippen molar-refractivity contribution >= 4 is 5.91 Å². The number of hydrogen-bond donors (Lipinski definition) is 1. The van der Waals surface area contributed by atoms with E-state index < -0.39 is 17.1 Å². The van der Waals surface area contributed by atoms with E-state index in [2.05, 4.69) is 0 Å². The first-order chi connectivity index (χ1) is 12.0. The van der Waals surface area contributed by atoms with Crippen LogP contribution in [0.3, 0.4) is 0 Å². The number of amides is 1. The van der Waals surface area contributed by atoms with Crippen LogP contribution in [0.2, 0.25) is 0 Å². The van der Waals surface area contributed by atoms with Crippen molar-refractivity contribution in [3.63, 3.8) is 0 Å². The molecule has 0 fully saturated rings. The Morgan fingerprint density at radius 3 is 2.36 bits per heavy atom. The number of carbonyl (C=O) groups excluding carboxylic acids is 1. The van der Waals surface area contributed by atoms with Crippen molar-refractivity contribution in [1.29, 1.82) is 0 Å². The summed E-state index contributed by atoms with van der Waals surface area (Å²) < 4.78 is 14.6. The molecule has 0 saturated carbocycles. The van der Waals surface area contributed by atoms with E-state index in [0.717, 1.165) is 5.56 Å². The Balaban J connectivity index is 0.00000109. The van der Waals surface area contributed by atoms with Gasteiger partial charge in [0.05, 0.1) is 0 Å². The molecule has 1 aliphatic heterocycles. The van der Waals surface area contributed by atoms with Crippen LogP contribution in [0.5, 0.6) is 5.75 Å². The van der Waals surface area contributed by atoms with Gasteiger partial charge in [0.1, 0.15) is 5.82 Å². The molecule has 6 heteroatoms. The van der Waals surface area contributed by atoms with Gasteiger partial charge in [-0.25, -0.2) is 4.39 Å². The molecule has 134 valence electrons. The van der Waals surface area contributed by atoms with Crippen molar-refractivity contribution in [3.8, 4) is 5.75 Å². The summed E-state index contributed by atoms with van der Waals surface area (Å²) in [4.78, 5) is 26.2. The average molecular weight is 346 g/mol. The molecule has 0 unspecified atom stereocenters. The van der Waals surface area contributed by atoms with Gasteiger partial charge >= 0.3 is 0 Å². The molecule has 2 heterocycles. The van der Waals surface area contributed by atoms with Crippen LogP contribution in [-0.2, 0) is 19.5 Å². The van der Waals surface area contributed by atoms with Gasteiger partial charge in [-0.2, -0.15) is 0 Å². The molecular weight excluding hydrogens is 323 g/mol. The van der Waals surface area contributed by atoms with Crippen LogP contribution < -0.4 is 5.43 Å². The standard InChI is InChI=1S/C17H17FN2O3.C2H6/c1-2-12-10-19-7-8-20(9-11-3-5-13(18)6-4-11)17(23)14(19)16(22)15(12)21;1-2/h3-6,10,22H,2,7-9H2,1H3;1-2H3. The van der Waals surface area contributed by atoms with Crippen molar-refractivity contribution < 1.29 is 14.3 Å². The number of benzene rings is 1. The molecule has 1 aromatic heterocycles. The van der Waals surface area contributed by atoms with Crippen LogP contribution in [0.4, 0.5) is 4.39 Å². The summed E-state index contributed by atoms with van der Waals surface area (Å²) in [5.41, 5.74) is 0.822. The topological polar surface area (TPSA) is 62.5 Å². The van der Waals surface area contributed by atoms with E-state index >= 15 is 0 Å². The maximum atomic E-state index is 13.0. The summed E-state index contributed by atoms with van der Waals surface area (Å²) in [6, 6.07) is 5.91. The first-order valence-electron chi connectivity index (χ1n) is 8.50. The molecule has 0 saturated heterocycles. The van der Waals surface area contributed by atoms with Gasteiger partial charge in [0.2, 0.25) is 5.43 Å². The Morgan fingerprint density at radius 1 is 1.12 bits per heavy atom. The Morgan fingerprint density at radius 2 is 1.76 bits per heavy atom. The molecule has 2 aromatic rings. The highest BCUT2D eigenvalue weighted by molar-refractivity contribution is 5.95. The number of fused-ring (bicyclic) bond motifs is 1. The van der Waals surface area contributed by atoms with E-state index in [9.17, 15) is 19.1 Å². The number of hydrogen-bond acceptors (Lipinski definition) is 3. The summed E-state index contributed by atoms with van der Waals surface area (Å²) >= 11 is 0. The zero-order valence-electron chi connectivity index (χ0n) is 14.8. The van der Waals surface area contributed by atoms with Gasteiger partial charge in [-0.15, -0.1) is 0 Å². The van der Waals surface area contributed by atoms with Gasteiger partial charge in [-0.05, 0) is 24.1 Å². The van der Waals surface area contributed by atoms with Gasteiger partial charge in [0.15, 0.2) is 11.4 Å². The lowest BCUT2D eigenvalue weighted by Crippen LogP contribution is -2.41. The molecule has 5 nitrogen and oxygen atoms in total. The largest absolute Gasteiger partial charge is 0.503 e. The SMILES string of the molecule is CC.CCc1cn2c(c(O)c1=O)C(=O)N(Cc1ccc(F)cc1)CC2. The van der Waals surface area contributed by atoms with Gasteiger partial charge in [-0.3, -0.25) is 9.59 Å². The molecule has 1 aromatic carbocycles. The van der Waals surface area contributed by atoms with Gasteiger partial charge in [0, 0.05) is 31.4 Å². The Kier molecular flexibility index (Phi) is 5.96. The van der Waals surface area contributed by atoms with E-state index in [4.69, 9.17) is 0 Å². The third-order valence-electron chi connectivity index (χ3n) is 4.10. The number of nitrogens with zero attached hydrogens (tertiary/aromatic N) is 2. The number of rotatable bonds is 3. The first-order valence-corrected chi connectivity index (χ1v) is 8.50.